The molecule has 0 unspecified atom stereocenters. The molecule has 1 amide bonds. The lowest BCUT2D eigenvalue weighted by Gasteiger charge is -2.10. The van der Waals surface area contributed by atoms with E-state index in [9.17, 15) is 4.79 Å². The van der Waals surface area contributed by atoms with Crippen molar-refractivity contribution in [2.45, 2.75) is 13.3 Å². The van der Waals surface area contributed by atoms with Crippen LogP contribution in [0.1, 0.15) is 13.3 Å². The smallest absolute Gasteiger partial charge is 0.223 e. The average Bonchev–Trinajstić information content (AvgIpc) is 2.15. The molecule has 4 heteroatoms. The Labute approximate surface area is 92.3 Å². The zero-order valence-corrected chi connectivity index (χ0v) is 10.0. The summed E-state index contributed by atoms with van der Waals surface area (Å²) in [6.45, 7) is 8.41. The van der Waals surface area contributed by atoms with Crippen LogP contribution in [-0.2, 0) is 9.53 Å². The van der Waals surface area contributed by atoms with Crippen LogP contribution < -0.4 is 5.32 Å². The van der Waals surface area contributed by atoms with Gasteiger partial charge in [0.05, 0.1) is 13.2 Å². The van der Waals surface area contributed by atoms with Crippen LogP contribution >= 0.6 is 0 Å². The lowest BCUT2D eigenvalue weighted by Crippen LogP contribution is -2.28. The summed E-state index contributed by atoms with van der Waals surface area (Å²) in [5, 5.41) is 3.14. The molecule has 0 aliphatic rings. The summed E-state index contributed by atoms with van der Waals surface area (Å²) in [6.07, 6.45) is 0.535. The minimum absolute atomic E-state index is 0.144. The summed E-state index contributed by atoms with van der Waals surface area (Å²) >= 11 is 0. The highest BCUT2D eigenvalue weighted by molar-refractivity contribution is 5.75. The molecule has 0 heterocycles. The summed E-state index contributed by atoms with van der Waals surface area (Å²) in [5.74, 6) is 0.144. The van der Waals surface area contributed by atoms with Crippen LogP contribution in [0.4, 0.5) is 0 Å². The quantitative estimate of drug-likeness (QED) is 0.476. The molecule has 0 aromatic rings. The van der Waals surface area contributed by atoms with Crippen LogP contribution in [-0.4, -0.2) is 51.2 Å². The molecule has 0 aliphatic carbocycles. The van der Waals surface area contributed by atoms with Crippen molar-refractivity contribution in [1.82, 2.24) is 10.2 Å². The Morgan fingerprint density at radius 2 is 2.07 bits per heavy atom. The third kappa shape index (κ3) is 9.43. The second-order valence-corrected chi connectivity index (χ2v) is 3.80. The number of carbonyl (C=O) groups excluding carboxylic acids is 1. The van der Waals surface area contributed by atoms with Crippen molar-refractivity contribution in [3.05, 3.63) is 12.2 Å². The number of nitrogens with zero attached hydrogens (tertiary/aromatic N) is 1. The van der Waals surface area contributed by atoms with Crippen molar-refractivity contribution in [2.24, 2.45) is 0 Å². The van der Waals surface area contributed by atoms with E-state index in [-0.39, 0.29) is 5.91 Å². The van der Waals surface area contributed by atoms with Gasteiger partial charge >= 0.3 is 0 Å². The zero-order valence-electron chi connectivity index (χ0n) is 10.0. The van der Waals surface area contributed by atoms with E-state index in [0.29, 0.717) is 26.2 Å². The number of hydrogen-bond acceptors (Lipinski definition) is 3. The monoisotopic (exact) mass is 214 g/mol. The summed E-state index contributed by atoms with van der Waals surface area (Å²) in [7, 11) is 3.52. The van der Waals surface area contributed by atoms with Gasteiger partial charge in [-0.3, -0.25) is 4.79 Å². The number of rotatable bonds is 8. The standard InChI is InChI=1S/C11H22N2O2/c1-10(2)9-15-8-7-12-6-5-11(14)13(3)4/h12H,1,5-9H2,2-4H3. The van der Waals surface area contributed by atoms with Crippen LogP contribution in [0.3, 0.4) is 0 Å². The second-order valence-electron chi connectivity index (χ2n) is 3.80. The first-order chi connectivity index (χ1) is 7.04. The molecule has 0 spiro atoms. The first-order valence-electron chi connectivity index (χ1n) is 5.17. The fraction of sp³-hybridized carbons (Fsp3) is 0.727. The SMILES string of the molecule is C=C(C)COCCNCCC(=O)N(C)C. The van der Waals surface area contributed by atoms with Crippen molar-refractivity contribution in [2.75, 3.05) is 40.4 Å². The maximum Gasteiger partial charge on any atom is 0.223 e. The summed E-state index contributed by atoms with van der Waals surface area (Å²) < 4.78 is 5.29. The molecule has 1 N–H and O–H groups in total. The molecule has 0 aromatic heterocycles. The predicted molar refractivity (Wildman–Crippen MR) is 61.8 cm³/mol. The Hall–Kier alpha value is -0.870. The summed E-state index contributed by atoms with van der Waals surface area (Å²) in [6, 6.07) is 0. The third-order valence-corrected chi connectivity index (χ3v) is 1.79. The molecule has 88 valence electrons. The van der Waals surface area contributed by atoms with Gasteiger partial charge in [-0.15, -0.1) is 0 Å². The van der Waals surface area contributed by atoms with Gasteiger partial charge in [0.25, 0.3) is 0 Å². The number of nitrogens with one attached hydrogen (secondary N) is 1. The highest BCUT2D eigenvalue weighted by Crippen LogP contribution is 1.87. The number of hydrogen-bond donors (Lipinski definition) is 1. The van der Waals surface area contributed by atoms with Crippen LogP contribution in [0.2, 0.25) is 0 Å². The van der Waals surface area contributed by atoms with Gasteiger partial charge in [0.15, 0.2) is 0 Å². The second kappa shape index (κ2) is 8.44. The lowest BCUT2D eigenvalue weighted by atomic mass is 10.4. The fourth-order valence-corrected chi connectivity index (χ4v) is 0.935. The van der Waals surface area contributed by atoms with Crippen molar-refractivity contribution >= 4 is 5.91 Å². The molecule has 15 heavy (non-hydrogen) atoms. The molecule has 0 saturated heterocycles. The van der Waals surface area contributed by atoms with Crippen LogP contribution in [0.15, 0.2) is 12.2 Å². The van der Waals surface area contributed by atoms with E-state index in [0.717, 1.165) is 12.1 Å². The molecule has 0 aromatic carbocycles. The number of amides is 1. The third-order valence-electron chi connectivity index (χ3n) is 1.79. The average molecular weight is 214 g/mol. The van der Waals surface area contributed by atoms with Crippen molar-refractivity contribution in [3.63, 3.8) is 0 Å². The molecule has 0 atom stereocenters. The van der Waals surface area contributed by atoms with Gasteiger partial charge in [-0.1, -0.05) is 12.2 Å². The van der Waals surface area contributed by atoms with Crippen molar-refractivity contribution in [1.29, 1.82) is 0 Å². The van der Waals surface area contributed by atoms with E-state index in [1.807, 2.05) is 6.92 Å². The van der Waals surface area contributed by atoms with Crippen LogP contribution in [0.5, 0.6) is 0 Å². The molecule has 0 fully saturated rings. The molecule has 0 saturated carbocycles. The van der Waals surface area contributed by atoms with E-state index in [4.69, 9.17) is 4.74 Å². The van der Waals surface area contributed by atoms with Gasteiger partial charge in [0.1, 0.15) is 0 Å². The topological polar surface area (TPSA) is 41.6 Å². The molecule has 0 rings (SSSR count). The molecule has 4 nitrogen and oxygen atoms in total. The minimum atomic E-state index is 0.144. The summed E-state index contributed by atoms with van der Waals surface area (Å²) in [5.41, 5.74) is 1.03. The zero-order chi connectivity index (χ0) is 11.7. The predicted octanol–water partition coefficient (Wildman–Crippen LogP) is 0.647. The van der Waals surface area contributed by atoms with Gasteiger partial charge in [0.2, 0.25) is 5.91 Å². The number of ether oxygens (including phenoxy) is 1. The van der Waals surface area contributed by atoms with Gasteiger partial charge in [-0.05, 0) is 6.92 Å². The van der Waals surface area contributed by atoms with E-state index >= 15 is 0 Å². The van der Waals surface area contributed by atoms with Gasteiger partial charge in [-0.2, -0.15) is 0 Å². The first kappa shape index (κ1) is 14.1. The Bertz CT molecular complexity index is 203. The molecular weight excluding hydrogens is 192 g/mol. The Morgan fingerprint density at radius 3 is 2.60 bits per heavy atom. The van der Waals surface area contributed by atoms with E-state index in [2.05, 4.69) is 11.9 Å². The van der Waals surface area contributed by atoms with Crippen LogP contribution in [0, 0.1) is 0 Å². The molecule has 0 bridgehead atoms. The molecule has 0 aliphatic heterocycles. The van der Waals surface area contributed by atoms with Crippen molar-refractivity contribution in [3.8, 4) is 0 Å². The van der Waals surface area contributed by atoms with Gasteiger partial charge in [-0.25, -0.2) is 0 Å². The first-order valence-corrected chi connectivity index (χ1v) is 5.17. The maximum absolute atomic E-state index is 11.2. The Kier molecular flexibility index (Phi) is 7.95. The fourth-order valence-electron chi connectivity index (χ4n) is 0.935. The normalized spacial score (nSPS) is 10.1. The Morgan fingerprint density at radius 1 is 1.40 bits per heavy atom. The van der Waals surface area contributed by atoms with E-state index in [1.165, 1.54) is 0 Å². The largest absolute Gasteiger partial charge is 0.376 e. The van der Waals surface area contributed by atoms with E-state index in [1.54, 1.807) is 19.0 Å². The number of carbonyl (C=O) groups is 1. The summed E-state index contributed by atoms with van der Waals surface area (Å²) in [4.78, 5) is 12.8. The van der Waals surface area contributed by atoms with Crippen LogP contribution in [0.25, 0.3) is 0 Å². The van der Waals surface area contributed by atoms with Gasteiger partial charge in [0, 0.05) is 33.6 Å². The van der Waals surface area contributed by atoms with Gasteiger partial charge < -0.3 is 15.0 Å². The molecular formula is C11H22N2O2. The highest BCUT2D eigenvalue weighted by Gasteiger charge is 2.01. The Balaban J connectivity index is 3.18. The van der Waals surface area contributed by atoms with E-state index < -0.39 is 0 Å². The molecule has 0 radical (unpaired) electrons. The highest BCUT2D eigenvalue weighted by atomic mass is 16.5. The lowest BCUT2D eigenvalue weighted by molar-refractivity contribution is -0.128. The minimum Gasteiger partial charge on any atom is -0.376 e. The van der Waals surface area contributed by atoms with Crippen molar-refractivity contribution < 1.29 is 9.53 Å². The maximum atomic E-state index is 11.2.